The first-order chi connectivity index (χ1) is 6.43. The highest BCUT2D eigenvalue weighted by atomic mass is 15.1. The van der Waals surface area contributed by atoms with Gasteiger partial charge in [-0.2, -0.15) is 4.99 Å². The molecule has 0 aliphatic heterocycles. The quantitative estimate of drug-likeness (QED) is 0.396. The van der Waals surface area contributed by atoms with Gasteiger partial charge in [0.15, 0.2) is 5.96 Å². The first kappa shape index (κ1) is 12.7. The van der Waals surface area contributed by atoms with Gasteiger partial charge in [0.05, 0.1) is 6.54 Å². The fourth-order valence-electron chi connectivity index (χ4n) is 0.748. The van der Waals surface area contributed by atoms with Crippen molar-refractivity contribution >= 4 is 11.9 Å². The van der Waals surface area contributed by atoms with Crippen LogP contribution < -0.4 is 17.2 Å². The maximum atomic E-state index is 5.42. The van der Waals surface area contributed by atoms with E-state index in [1.54, 1.807) is 0 Å². The van der Waals surface area contributed by atoms with Crippen molar-refractivity contribution in [3.05, 3.63) is 0 Å². The second-order valence-corrected chi connectivity index (χ2v) is 3.35. The minimum Gasteiger partial charge on any atom is -0.370 e. The summed E-state index contributed by atoms with van der Waals surface area (Å²) in [5.41, 5.74) is 15.7. The average molecular weight is 200 g/mol. The summed E-state index contributed by atoms with van der Waals surface area (Å²) in [5, 5.41) is 0. The van der Waals surface area contributed by atoms with Gasteiger partial charge in [-0.05, 0) is 20.9 Å². The predicted octanol–water partition coefficient (Wildman–Crippen LogP) is -1.09. The summed E-state index contributed by atoms with van der Waals surface area (Å²) in [5.74, 6) is 0.0608. The Kier molecular flexibility index (Phi) is 5.62. The van der Waals surface area contributed by atoms with Crippen LogP contribution in [0.25, 0.3) is 0 Å². The fourth-order valence-corrected chi connectivity index (χ4v) is 0.748. The molecule has 0 rings (SSSR count). The highest BCUT2D eigenvalue weighted by Crippen LogP contribution is 1.91. The number of guanidine groups is 2. The van der Waals surface area contributed by atoms with Gasteiger partial charge in [0, 0.05) is 12.6 Å². The number of likely N-dealkylation sites (N-methyl/N-ethyl adjacent to an activating group) is 1. The van der Waals surface area contributed by atoms with E-state index in [9.17, 15) is 0 Å². The molecule has 0 bridgehead atoms. The lowest BCUT2D eigenvalue weighted by atomic mass is 10.3. The molecule has 0 aliphatic carbocycles. The van der Waals surface area contributed by atoms with Gasteiger partial charge >= 0.3 is 0 Å². The molecule has 6 nitrogen and oxygen atoms in total. The standard InChI is InChI=1S/C8H20N6/c1-6(2)14(3)5-4-12-8(11)13-7(9)10/h6H,4-5H2,1-3H3,(H6,9,10,11,12,13). The van der Waals surface area contributed by atoms with Gasteiger partial charge in [0.25, 0.3) is 0 Å². The molecule has 0 unspecified atom stereocenters. The minimum absolute atomic E-state index is 0.0662. The molecule has 0 fully saturated rings. The maximum absolute atomic E-state index is 5.42. The lowest BCUT2D eigenvalue weighted by Crippen LogP contribution is -2.30. The molecule has 0 saturated carbocycles. The Labute approximate surface area is 84.9 Å². The van der Waals surface area contributed by atoms with E-state index in [1.807, 2.05) is 7.05 Å². The van der Waals surface area contributed by atoms with E-state index >= 15 is 0 Å². The molecule has 0 aromatic carbocycles. The zero-order valence-electron chi connectivity index (χ0n) is 9.07. The maximum Gasteiger partial charge on any atom is 0.218 e. The van der Waals surface area contributed by atoms with Crippen molar-refractivity contribution in [2.75, 3.05) is 20.1 Å². The normalized spacial score (nSPS) is 12.2. The van der Waals surface area contributed by atoms with Crippen molar-refractivity contribution < 1.29 is 0 Å². The summed E-state index contributed by atoms with van der Waals surface area (Å²) in [6.07, 6.45) is 0. The summed E-state index contributed by atoms with van der Waals surface area (Å²) in [4.78, 5) is 9.75. The first-order valence-corrected chi connectivity index (χ1v) is 4.53. The van der Waals surface area contributed by atoms with E-state index in [2.05, 4.69) is 28.7 Å². The largest absolute Gasteiger partial charge is 0.370 e. The molecule has 0 aromatic rings. The number of aliphatic imine (C=N–C) groups is 2. The molecule has 0 aromatic heterocycles. The van der Waals surface area contributed by atoms with Crippen molar-refractivity contribution in [3.8, 4) is 0 Å². The molecule has 82 valence electrons. The topological polar surface area (TPSA) is 106 Å². The summed E-state index contributed by atoms with van der Waals surface area (Å²) in [6, 6.07) is 0.495. The van der Waals surface area contributed by atoms with Gasteiger partial charge in [-0.1, -0.05) is 0 Å². The Hall–Kier alpha value is -1.30. The van der Waals surface area contributed by atoms with Crippen molar-refractivity contribution in [1.29, 1.82) is 0 Å². The molecule has 0 amide bonds. The van der Waals surface area contributed by atoms with E-state index in [0.717, 1.165) is 6.54 Å². The van der Waals surface area contributed by atoms with E-state index < -0.39 is 0 Å². The highest BCUT2D eigenvalue weighted by molar-refractivity contribution is 5.92. The molecule has 0 saturated heterocycles. The van der Waals surface area contributed by atoms with Crippen LogP contribution in [0.4, 0.5) is 0 Å². The zero-order chi connectivity index (χ0) is 11.1. The van der Waals surface area contributed by atoms with Crippen LogP contribution in [0.2, 0.25) is 0 Å². The Balaban J connectivity index is 3.88. The lowest BCUT2D eigenvalue weighted by Gasteiger charge is -2.19. The monoisotopic (exact) mass is 200 g/mol. The summed E-state index contributed by atoms with van der Waals surface area (Å²) in [7, 11) is 2.02. The van der Waals surface area contributed by atoms with Crippen LogP contribution in [0.3, 0.4) is 0 Å². The van der Waals surface area contributed by atoms with E-state index in [1.165, 1.54) is 0 Å². The van der Waals surface area contributed by atoms with Crippen molar-refractivity contribution in [2.24, 2.45) is 27.2 Å². The third kappa shape index (κ3) is 6.24. The van der Waals surface area contributed by atoms with Crippen LogP contribution in [0.15, 0.2) is 9.98 Å². The number of hydrogen-bond donors (Lipinski definition) is 3. The van der Waals surface area contributed by atoms with Gasteiger partial charge in [-0.25, -0.2) is 0 Å². The molecule has 0 aliphatic rings. The molecular weight excluding hydrogens is 180 g/mol. The second kappa shape index (κ2) is 6.20. The van der Waals surface area contributed by atoms with E-state index in [4.69, 9.17) is 17.2 Å². The third-order valence-corrected chi connectivity index (χ3v) is 1.85. The van der Waals surface area contributed by atoms with Crippen molar-refractivity contribution in [2.45, 2.75) is 19.9 Å². The molecule has 0 heterocycles. The summed E-state index contributed by atoms with van der Waals surface area (Å²) >= 11 is 0. The van der Waals surface area contributed by atoms with Crippen molar-refractivity contribution in [1.82, 2.24) is 4.90 Å². The van der Waals surface area contributed by atoms with Crippen molar-refractivity contribution in [3.63, 3.8) is 0 Å². The van der Waals surface area contributed by atoms with Crippen LogP contribution in [-0.4, -0.2) is 43.0 Å². The van der Waals surface area contributed by atoms with E-state index in [0.29, 0.717) is 12.6 Å². The predicted molar refractivity (Wildman–Crippen MR) is 60.1 cm³/mol. The Morgan fingerprint density at radius 3 is 2.29 bits per heavy atom. The van der Waals surface area contributed by atoms with Gasteiger partial charge in [0.1, 0.15) is 0 Å². The number of nitrogens with two attached hydrogens (primary N) is 3. The SMILES string of the molecule is CC(C)N(C)CCN=C(N)N=C(N)N. The minimum atomic E-state index is -0.0662. The van der Waals surface area contributed by atoms with Crippen LogP contribution in [0.1, 0.15) is 13.8 Å². The lowest BCUT2D eigenvalue weighted by molar-refractivity contribution is 0.282. The Morgan fingerprint density at radius 2 is 1.86 bits per heavy atom. The molecule has 6 heteroatoms. The number of hydrogen-bond acceptors (Lipinski definition) is 2. The molecule has 0 radical (unpaired) electrons. The van der Waals surface area contributed by atoms with Crippen LogP contribution >= 0.6 is 0 Å². The van der Waals surface area contributed by atoms with Gasteiger partial charge in [-0.3, -0.25) is 4.99 Å². The summed E-state index contributed by atoms with van der Waals surface area (Å²) in [6.45, 7) is 5.65. The highest BCUT2D eigenvalue weighted by Gasteiger charge is 2.00. The first-order valence-electron chi connectivity index (χ1n) is 4.53. The summed E-state index contributed by atoms with van der Waals surface area (Å²) < 4.78 is 0. The van der Waals surface area contributed by atoms with Crippen LogP contribution in [-0.2, 0) is 0 Å². The van der Waals surface area contributed by atoms with Gasteiger partial charge in [0.2, 0.25) is 5.96 Å². The zero-order valence-corrected chi connectivity index (χ0v) is 9.07. The smallest absolute Gasteiger partial charge is 0.218 e. The molecular formula is C8H20N6. The van der Waals surface area contributed by atoms with Crippen LogP contribution in [0.5, 0.6) is 0 Å². The average Bonchev–Trinajstić information content (AvgIpc) is 2.02. The second-order valence-electron chi connectivity index (χ2n) is 3.35. The van der Waals surface area contributed by atoms with Gasteiger partial charge in [-0.15, -0.1) is 0 Å². The third-order valence-electron chi connectivity index (χ3n) is 1.85. The fraction of sp³-hybridized carbons (Fsp3) is 0.750. The Bertz CT molecular complexity index is 216. The molecule has 0 spiro atoms. The molecule has 6 N–H and O–H groups in total. The number of nitrogens with zero attached hydrogens (tertiary/aromatic N) is 3. The van der Waals surface area contributed by atoms with Gasteiger partial charge < -0.3 is 22.1 Å². The molecule has 0 atom stereocenters. The molecule has 14 heavy (non-hydrogen) atoms. The Morgan fingerprint density at radius 1 is 1.29 bits per heavy atom. The van der Waals surface area contributed by atoms with E-state index in [-0.39, 0.29) is 11.9 Å². The number of rotatable bonds is 4. The van der Waals surface area contributed by atoms with Crippen LogP contribution in [0, 0.1) is 0 Å².